The Labute approximate surface area is 164 Å². The lowest BCUT2D eigenvalue weighted by atomic mass is 10.1. The van der Waals surface area contributed by atoms with Gasteiger partial charge in [-0.1, -0.05) is 18.5 Å². The van der Waals surface area contributed by atoms with E-state index in [9.17, 15) is 25.1 Å². The number of aromatic hydroxyl groups is 2. The van der Waals surface area contributed by atoms with Crippen LogP contribution in [0.15, 0.2) is 40.3 Å². The van der Waals surface area contributed by atoms with E-state index in [0.717, 1.165) is 34.6 Å². The second-order valence-electron chi connectivity index (χ2n) is 5.31. The number of rotatable bonds is 7. The van der Waals surface area contributed by atoms with E-state index in [1.54, 1.807) is 23.9 Å². The summed E-state index contributed by atoms with van der Waals surface area (Å²) in [6.45, 7) is 2.00. The van der Waals surface area contributed by atoms with Crippen LogP contribution in [0.1, 0.15) is 18.1 Å². The van der Waals surface area contributed by atoms with Crippen LogP contribution in [-0.4, -0.2) is 33.0 Å². The summed E-state index contributed by atoms with van der Waals surface area (Å²) in [5, 5.41) is 34.2. The Hall–Kier alpha value is -2.78. The van der Waals surface area contributed by atoms with Crippen LogP contribution in [-0.2, 0) is 11.2 Å². The lowest BCUT2D eigenvalue weighted by Gasteiger charge is -2.08. The first-order chi connectivity index (χ1) is 12.8. The quantitative estimate of drug-likeness (QED) is 0.278. The third kappa shape index (κ3) is 5.60. The zero-order chi connectivity index (χ0) is 20.0. The van der Waals surface area contributed by atoms with Crippen molar-refractivity contribution in [1.82, 2.24) is 5.43 Å². The molecule has 0 aliphatic heterocycles. The van der Waals surface area contributed by atoms with Gasteiger partial charge in [0.25, 0.3) is 0 Å². The molecule has 0 aliphatic rings. The summed E-state index contributed by atoms with van der Waals surface area (Å²) in [6, 6.07) is 7.09. The fraction of sp³-hybridized carbons (Fsp3) is 0.176. The fourth-order valence-corrected chi connectivity index (χ4v) is 3.19. The van der Waals surface area contributed by atoms with E-state index < -0.39 is 28.0 Å². The SMILES string of the molecule is CCSc1ccc(Cl)cc1CC(=O)N/N=C\c1cc([N+](=O)[O-])c(O)cc1O. The number of phenolic OH excluding ortho intramolecular Hbond substituents is 2. The summed E-state index contributed by atoms with van der Waals surface area (Å²) in [4.78, 5) is 23.1. The average molecular weight is 410 g/mol. The topological polar surface area (TPSA) is 125 Å². The molecule has 0 heterocycles. The van der Waals surface area contributed by atoms with Gasteiger partial charge >= 0.3 is 5.69 Å². The van der Waals surface area contributed by atoms with E-state index in [2.05, 4.69) is 10.5 Å². The second kappa shape index (κ2) is 9.24. The number of halogens is 1. The van der Waals surface area contributed by atoms with Gasteiger partial charge in [-0.15, -0.1) is 11.8 Å². The summed E-state index contributed by atoms with van der Waals surface area (Å²) in [5.41, 5.74) is 2.44. The molecule has 0 atom stereocenters. The van der Waals surface area contributed by atoms with Crippen molar-refractivity contribution in [3.8, 4) is 11.5 Å². The van der Waals surface area contributed by atoms with Crippen molar-refractivity contribution in [2.24, 2.45) is 5.10 Å². The molecule has 2 aromatic carbocycles. The first kappa shape index (κ1) is 20.5. The molecular formula is C17H16ClN3O5S. The number of nitro groups is 1. The number of hydrazone groups is 1. The van der Waals surface area contributed by atoms with E-state index in [-0.39, 0.29) is 12.0 Å². The summed E-state index contributed by atoms with van der Waals surface area (Å²) in [5.74, 6) is -0.653. The van der Waals surface area contributed by atoms with Gasteiger partial charge in [0.15, 0.2) is 5.75 Å². The number of thioether (sulfide) groups is 1. The molecule has 1 amide bonds. The average Bonchev–Trinajstić information content (AvgIpc) is 2.59. The van der Waals surface area contributed by atoms with Gasteiger partial charge in [-0.25, -0.2) is 5.43 Å². The van der Waals surface area contributed by atoms with Gasteiger partial charge in [-0.05, 0) is 29.5 Å². The maximum absolute atomic E-state index is 12.1. The van der Waals surface area contributed by atoms with Gasteiger partial charge in [0.05, 0.1) is 17.6 Å². The van der Waals surface area contributed by atoms with E-state index in [0.29, 0.717) is 5.02 Å². The Morgan fingerprint density at radius 2 is 2.07 bits per heavy atom. The predicted octanol–water partition coefficient (Wildman–Crippen LogP) is 3.46. The Morgan fingerprint density at radius 3 is 2.74 bits per heavy atom. The van der Waals surface area contributed by atoms with Crippen molar-refractivity contribution in [2.45, 2.75) is 18.2 Å². The molecule has 2 rings (SSSR count). The Kier molecular flexibility index (Phi) is 7.03. The van der Waals surface area contributed by atoms with Gasteiger partial charge in [-0.3, -0.25) is 14.9 Å². The molecule has 0 aliphatic carbocycles. The molecule has 0 saturated heterocycles. The number of hydrogen-bond acceptors (Lipinski definition) is 7. The highest BCUT2D eigenvalue weighted by Gasteiger charge is 2.16. The van der Waals surface area contributed by atoms with Gasteiger partial charge < -0.3 is 10.2 Å². The number of nitro benzene ring substituents is 1. The molecule has 10 heteroatoms. The summed E-state index contributed by atoms with van der Waals surface area (Å²) >= 11 is 7.56. The molecule has 0 unspecified atom stereocenters. The van der Waals surface area contributed by atoms with Gasteiger partial charge in [0, 0.05) is 27.6 Å². The maximum Gasteiger partial charge on any atom is 0.311 e. The molecule has 0 bridgehead atoms. The standard InChI is InChI=1S/C17H16ClN3O5S/c1-2-27-16-4-3-12(18)5-10(16)7-17(24)20-19-9-11-6-13(21(25)26)15(23)8-14(11)22/h3-6,8-9,22-23H,2,7H2,1H3,(H,20,24)/b19-9-. The van der Waals surface area contributed by atoms with Crippen LogP contribution in [0.5, 0.6) is 11.5 Å². The largest absolute Gasteiger partial charge is 0.507 e. The smallest absolute Gasteiger partial charge is 0.311 e. The first-order valence-electron chi connectivity index (χ1n) is 7.75. The lowest BCUT2D eigenvalue weighted by Crippen LogP contribution is -2.20. The van der Waals surface area contributed by atoms with Crippen molar-refractivity contribution < 1.29 is 19.9 Å². The highest BCUT2D eigenvalue weighted by Crippen LogP contribution is 2.32. The van der Waals surface area contributed by atoms with E-state index in [1.807, 2.05) is 13.0 Å². The molecule has 0 radical (unpaired) electrons. The number of nitrogens with zero attached hydrogens (tertiary/aromatic N) is 2. The monoisotopic (exact) mass is 409 g/mol. The molecule has 3 N–H and O–H groups in total. The molecule has 0 spiro atoms. The highest BCUT2D eigenvalue weighted by molar-refractivity contribution is 7.99. The first-order valence-corrected chi connectivity index (χ1v) is 9.11. The highest BCUT2D eigenvalue weighted by atomic mass is 35.5. The van der Waals surface area contributed by atoms with E-state index in [4.69, 9.17) is 11.6 Å². The second-order valence-corrected chi connectivity index (χ2v) is 7.05. The fourth-order valence-electron chi connectivity index (χ4n) is 2.20. The number of hydrogen-bond donors (Lipinski definition) is 3. The third-order valence-electron chi connectivity index (χ3n) is 3.39. The van der Waals surface area contributed by atoms with Crippen LogP contribution in [0.2, 0.25) is 5.02 Å². The Bertz CT molecular complexity index is 904. The Balaban J connectivity index is 2.09. The molecule has 0 aromatic heterocycles. The van der Waals surface area contributed by atoms with Crippen molar-refractivity contribution in [2.75, 3.05) is 5.75 Å². The minimum atomic E-state index is -0.795. The Morgan fingerprint density at radius 1 is 1.33 bits per heavy atom. The molecule has 27 heavy (non-hydrogen) atoms. The zero-order valence-electron chi connectivity index (χ0n) is 14.2. The van der Waals surface area contributed by atoms with E-state index >= 15 is 0 Å². The van der Waals surface area contributed by atoms with Crippen molar-refractivity contribution in [3.05, 3.63) is 56.6 Å². The number of amides is 1. The van der Waals surface area contributed by atoms with Crippen molar-refractivity contribution in [1.29, 1.82) is 0 Å². The van der Waals surface area contributed by atoms with Crippen LogP contribution in [0, 0.1) is 10.1 Å². The molecule has 8 nitrogen and oxygen atoms in total. The number of nitrogens with one attached hydrogen (secondary N) is 1. The molecule has 2 aromatic rings. The van der Waals surface area contributed by atoms with Crippen LogP contribution in [0.4, 0.5) is 5.69 Å². The van der Waals surface area contributed by atoms with Crippen LogP contribution < -0.4 is 5.43 Å². The lowest BCUT2D eigenvalue weighted by molar-refractivity contribution is -0.385. The minimum absolute atomic E-state index is 0.0233. The van der Waals surface area contributed by atoms with Crippen LogP contribution in [0.3, 0.4) is 0 Å². The van der Waals surface area contributed by atoms with Gasteiger partial charge in [-0.2, -0.15) is 5.10 Å². The van der Waals surface area contributed by atoms with Crippen LogP contribution in [0.25, 0.3) is 0 Å². The number of carbonyl (C=O) groups excluding carboxylic acids is 1. The zero-order valence-corrected chi connectivity index (χ0v) is 15.8. The molecule has 142 valence electrons. The summed E-state index contributed by atoms with van der Waals surface area (Å²) in [7, 11) is 0. The summed E-state index contributed by atoms with van der Waals surface area (Å²) < 4.78 is 0. The number of carbonyl (C=O) groups is 1. The predicted molar refractivity (Wildman–Crippen MR) is 104 cm³/mol. The van der Waals surface area contributed by atoms with Crippen LogP contribution >= 0.6 is 23.4 Å². The van der Waals surface area contributed by atoms with Gasteiger partial charge in [0.1, 0.15) is 5.75 Å². The van der Waals surface area contributed by atoms with Gasteiger partial charge in [0.2, 0.25) is 5.91 Å². The molecule has 0 fully saturated rings. The minimum Gasteiger partial charge on any atom is -0.507 e. The normalized spacial score (nSPS) is 10.9. The van der Waals surface area contributed by atoms with Crippen molar-refractivity contribution >= 4 is 41.2 Å². The number of phenols is 2. The summed E-state index contributed by atoms with van der Waals surface area (Å²) in [6.07, 6.45) is 1.10. The van der Waals surface area contributed by atoms with E-state index in [1.165, 1.54) is 0 Å². The molecule has 0 saturated carbocycles. The number of benzene rings is 2. The molecular weight excluding hydrogens is 394 g/mol. The maximum atomic E-state index is 12.1. The third-order valence-corrected chi connectivity index (χ3v) is 4.62. The van der Waals surface area contributed by atoms with Crippen molar-refractivity contribution in [3.63, 3.8) is 0 Å².